The van der Waals surface area contributed by atoms with Crippen LogP contribution in [0.5, 0.6) is 0 Å². The molecule has 1 heterocycles. The van der Waals surface area contributed by atoms with Gasteiger partial charge in [0, 0.05) is 6.04 Å². The van der Waals surface area contributed by atoms with E-state index in [0.717, 1.165) is 19.4 Å². The third kappa shape index (κ3) is 2.19. The maximum Gasteiger partial charge on any atom is 0.0363 e. The number of rotatable bonds is 2. The first-order chi connectivity index (χ1) is 8.84. The van der Waals surface area contributed by atoms with Crippen LogP contribution in [-0.2, 0) is 12.8 Å². The maximum atomic E-state index is 3.65. The van der Waals surface area contributed by atoms with Gasteiger partial charge in [0.2, 0.25) is 0 Å². The average Bonchev–Trinajstić information content (AvgIpc) is 2.41. The van der Waals surface area contributed by atoms with Gasteiger partial charge in [-0.3, -0.25) is 0 Å². The van der Waals surface area contributed by atoms with Crippen molar-refractivity contribution in [3.05, 3.63) is 70.8 Å². The molecule has 0 bridgehead atoms. The van der Waals surface area contributed by atoms with Crippen LogP contribution in [0.15, 0.2) is 48.5 Å². The van der Waals surface area contributed by atoms with E-state index in [0.29, 0.717) is 6.04 Å². The molecule has 1 atom stereocenters. The summed E-state index contributed by atoms with van der Waals surface area (Å²) in [6.07, 6.45) is 2.24. The van der Waals surface area contributed by atoms with E-state index in [1.165, 1.54) is 16.7 Å². The molecule has 1 unspecified atom stereocenters. The van der Waals surface area contributed by atoms with E-state index in [1.807, 2.05) is 0 Å². The average molecular weight is 237 g/mol. The summed E-state index contributed by atoms with van der Waals surface area (Å²) in [6, 6.07) is 17.9. The summed E-state index contributed by atoms with van der Waals surface area (Å²) in [5.41, 5.74) is 5.89. The smallest absolute Gasteiger partial charge is 0.0363 e. The van der Waals surface area contributed by atoms with Crippen molar-refractivity contribution in [2.24, 2.45) is 0 Å². The van der Waals surface area contributed by atoms with E-state index < -0.39 is 0 Å². The van der Waals surface area contributed by atoms with Crippen molar-refractivity contribution in [2.75, 3.05) is 6.54 Å². The molecule has 0 radical (unpaired) electrons. The van der Waals surface area contributed by atoms with Crippen molar-refractivity contribution in [3.63, 3.8) is 0 Å². The number of benzene rings is 2. The molecule has 3 rings (SSSR count). The Balaban J connectivity index is 1.90. The minimum absolute atomic E-state index is 0.469. The fourth-order valence-corrected chi connectivity index (χ4v) is 2.91. The van der Waals surface area contributed by atoms with E-state index in [4.69, 9.17) is 0 Å². The van der Waals surface area contributed by atoms with E-state index in [1.54, 1.807) is 5.56 Å². The van der Waals surface area contributed by atoms with Gasteiger partial charge in [-0.15, -0.1) is 0 Å². The van der Waals surface area contributed by atoms with Crippen molar-refractivity contribution in [1.29, 1.82) is 0 Å². The monoisotopic (exact) mass is 237 g/mol. The molecule has 0 amide bonds. The normalized spacial score (nSPS) is 18.4. The molecule has 18 heavy (non-hydrogen) atoms. The maximum absolute atomic E-state index is 3.65. The molecule has 0 saturated heterocycles. The van der Waals surface area contributed by atoms with Gasteiger partial charge >= 0.3 is 0 Å². The zero-order chi connectivity index (χ0) is 12.4. The fraction of sp³-hybridized carbons (Fsp3) is 0.294. The predicted octanol–water partition coefficient (Wildman–Crippen LogP) is 3.42. The molecule has 1 aliphatic heterocycles. The number of aryl methyl sites for hydroxylation is 1. The Hall–Kier alpha value is -1.60. The fourth-order valence-electron chi connectivity index (χ4n) is 2.91. The second-order valence-corrected chi connectivity index (χ2v) is 5.09. The number of hydrogen-bond donors (Lipinski definition) is 1. The summed E-state index contributed by atoms with van der Waals surface area (Å²) in [6.45, 7) is 3.32. The van der Waals surface area contributed by atoms with Crippen LogP contribution in [0.1, 0.15) is 28.3 Å². The Labute approximate surface area is 109 Å². The summed E-state index contributed by atoms with van der Waals surface area (Å²) < 4.78 is 0. The second kappa shape index (κ2) is 4.95. The lowest BCUT2D eigenvalue weighted by Gasteiger charge is -2.28. The van der Waals surface area contributed by atoms with Crippen LogP contribution in [0, 0.1) is 6.92 Å². The summed E-state index contributed by atoms with van der Waals surface area (Å²) >= 11 is 0. The lowest BCUT2D eigenvalue weighted by atomic mass is 9.88. The molecule has 2 aromatic rings. The van der Waals surface area contributed by atoms with Crippen LogP contribution in [0.25, 0.3) is 0 Å². The highest BCUT2D eigenvalue weighted by atomic mass is 14.9. The van der Waals surface area contributed by atoms with Crippen LogP contribution < -0.4 is 5.32 Å². The molecule has 0 saturated carbocycles. The first kappa shape index (κ1) is 11.5. The van der Waals surface area contributed by atoms with E-state index in [9.17, 15) is 0 Å². The van der Waals surface area contributed by atoms with E-state index in [-0.39, 0.29) is 0 Å². The Kier molecular flexibility index (Phi) is 3.16. The van der Waals surface area contributed by atoms with Gasteiger partial charge in [-0.25, -0.2) is 0 Å². The Morgan fingerprint density at radius 1 is 1.06 bits per heavy atom. The highest BCUT2D eigenvalue weighted by Crippen LogP contribution is 2.27. The molecular weight excluding hydrogens is 218 g/mol. The van der Waals surface area contributed by atoms with Gasteiger partial charge in [0.25, 0.3) is 0 Å². The van der Waals surface area contributed by atoms with Gasteiger partial charge < -0.3 is 5.32 Å². The zero-order valence-corrected chi connectivity index (χ0v) is 10.8. The van der Waals surface area contributed by atoms with Gasteiger partial charge in [-0.05, 0) is 48.6 Å². The largest absolute Gasteiger partial charge is 0.309 e. The third-order valence-corrected chi connectivity index (χ3v) is 3.87. The molecule has 2 aromatic carbocycles. The second-order valence-electron chi connectivity index (χ2n) is 5.09. The Morgan fingerprint density at radius 3 is 2.72 bits per heavy atom. The van der Waals surface area contributed by atoms with E-state index in [2.05, 4.69) is 60.8 Å². The van der Waals surface area contributed by atoms with Crippen LogP contribution in [0.4, 0.5) is 0 Å². The molecule has 1 aliphatic rings. The molecule has 0 aromatic heterocycles. The van der Waals surface area contributed by atoms with Crippen molar-refractivity contribution in [2.45, 2.75) is 25.8 Å². The predicted molar refractivity (Wildman–Crippen MR) is 75.8 cm³/mol. The lowest BCUT2D eigenvalue weighted by molar-refractivity contribution is 0.501. The summed E-state index contributed by atoms with van der Waals surface area (Å²) in [4.78, 5) is 0. The first-order valence-electron chi connectivity index (χ1n) is 6.70. The summed E-state index contributed by atoms with van der Waals surface area (Å²) in [5.74, 6) is 0. The van der Waals surface area contributed by atoms with Crippen LogP contribution in [0.2, 0.25) is 0 Å². The van der Waals surface area contributed by atoms with Crippen molar-refractivity contribution in [3.8, 4) is 0 Å². The number of fused-ring (bicyclic) bond motifs is 1. The number of hydrogen-bond acceptors (Lipinski definition) is 1. The molecule has 1 nitrogen and oxygen atoms in total. The summed E-state index contributed by atoms with van der Waals surface area (Å²) in [7, 11) is 0. The topological polar surface area (TPSA) is 12.0 Å². The first-order valence-corrected chi connectivity index (χ1v) is 6.70. The van der Waals surface area contributed by atoms with Gasteiger partial charge in [0.15, 0.2) is 0 Å². The Bertz CT molecular complexity index is 531. The SMILES string of the molecule is Cc1cccc2c1CCNC2Cc1ccccc1. The van der Waals surface area contributed by atoms with Crippen LogP contribution >= 0.6 is 0 Å². The van der Waals surface area contributed by atoms with E-state index >= 15 is 0 Å². The molecule has 92 valence electrons. The molecule has 0 fully saturated rings. The highest BCUT2D eigenvalue weighted by Gasteiger charge is 2.20. The van der Waals surface area contributed by atoms with Gasteiger partial charge in [-0.1, -0.05) is 48.5 Å². The highest BCUT2D eigenvalue weighted by molar-refractivity contribution is 5.39. The standard InChI is InChI=1S/C17H19N/c1-13-6-5-9-16-15(13)10-11-18-17(16)12-14-7-3-2-4-8-14/h2-9,17-18H,10-12H2,1H3. The van der Waals surface area contributed by atoms with Gasteiger partial charge in [0.1, 0.15) is 0 Å². The number of nitrogens with one attached hydrogen (secondary N) is 1. The molecule has 0 spiro atoms. The Morgan fingerprint density at radius 2 is 1.89 bits per heavy atom. The van der Waals surface area contributed by atoms with Crippen molar-refractivity contribution < 1.29 is 0 Å². The minimum Gasteiger partial charge on any atom is -0.309 e. The zero-order valence-electron chi connectivity index (χ0n) is 10.8. The molecular formula is C17H19N. The minimum atomic E-state index is 0.469. The van der Waals surface area contributed by atoms with Gasteiger partial charge in [0.05, 0.1) is 0 Å². The van der Waals surface area contributed by atoms with Crippen LogP contribution in [-0.4, -0.2) is 6.54 Å². The van der Waals surface area contributed by atoms with Crippen molar-refractivity contribution >= 4 is 0 Å². The van der Waals surface area contributed by atoms with Gasteiger partial charge in [-0.2, -0.15) is 0 Å². The van der Waals surface area contributed by atoms with Crippen molar-refractivity contribution in [1.82, 2.24) is 5.32 Å². The summed E-state index contributed by atoms with van der Waals surface area (Å²) in [5, 5.41) is 3.65. The molecule has 0 aliphatic carbocycles. The molecule has 1 N–H and O–H groups in total. The quantitative estimate of drug-likeness (QED) is 0.844. The van der Waals surface area contributed by atoms with Crippen LogP contribution in [0.3, 0.4) is 0 Å². The lowest BCUT2D eigenvalue weighted by Crippen LogP contribution is -2.31. The molecule has 1 heteroatoms. The third-order valence-electron chi connectivity index (χ3n) is 3.87.